The summed E-state index contributed by atoms with van der Waals surface area (Å²) >= 11 is 0. The molecule has 6 heteroatoms. The van der Waals surface area contributed by atoms with Crippen molar-refractivity contribution in [3.05, 3.63) is 18.2 Å². The van der Waals surface area contributed by atoms with Crippen molar-refractivity contribution in [3.8, 4) is 0 Å². The molecule has 2 fully saturated rings. The van der Waals surface area contributed by atoms with E-state index in [0.29, 0.717) is 12.1 Å². The third kappa shape index (κ3) is 1.78. The lowest BCUT2D eigenvalue weighted by atomic mass is 10.1. The van der Waals surface area contributed by atoms with Gasteiger partial charge >= 0.3 is 0 Å². The van der Waals surface area contributed by atoms with E-state index in [1.165, 1.54) is 19.3 Å². The van der Waals surface area contributed by atoms with Crippen LogP contribution in [0.25, 0.3) is 5.65 Å². The molecule has 2 bridgehead atoms. The molecule has 0 saturated carbocycles. The number of aromatic nitrogens is 4. The van der Waals surface area contributed by atoms with Crippen molar-refractivity contribution in [2.75, 3.05) is 18.0 Å². The molecule has 0 spiro atoms. The maximum atomic E-state index is 4.54. The molecule has 4 heterocycles. The number of nitrogens with one attached hydrogen (secondary N) is 1. The second-order valence-corrected chi connectivity index (χ2v) is 5.56. The van der Waals surface area contributed by atoms with Gasteiger partial charge in [0.1, 0.15) is 5.82 Å². The monoisotopic (exact) mass is 258 g/mol. The molecule has 2 unspecified atom stereocenters. The predicted molar refractivity (Wildman–Crippen MR) is 72.3 cm³/mol. The van der Waals surface area contributed by atoms with E-state index in [0.717, 1.165) is 30.4 Å². The second-order valence-electron chi connectivity index (χ2n) is 5.56. The van der Waals surface area contributed by atoms with Gasteiger partial charge in [0.05, 0.1) is 0 Å². The minimum atomic E-state index is 0.596. The predicted octanol–water partition coefficient (Wildman–Crippen LogP) is 0.763. The van der Waals surface area contributed by atoms with Gasteiger partial charge in [-0.15, -0.1) is 10.2 Å². The smallest absolute Gasteiger partial charge is 0.203 e. The Balaban J connectivity index is 1.73. The maximum absolute atomic E-state index is 4.54. The molecule has 4 rings (SSSR count). The number of hydrogen-bond acceptors (Lipinski definition) is 5. The van der Waals surface area contributed by atoms with Crippen molar-refractivity contribution >= 4 is 11.5 Å². The fourth-order valence-electron chi connectivity index (χ4n) is 3.29. The van der Waals surface area contributed by atoms with Crippen LogP contribution in [0.5, 0.6) is 0 Å². The molecular weight excluding hydrogens is 240 g/mol. The van der Waals surface area contributed by atoms with Crippen LogP contribution < -0.4 is 10.2 Å². The van der Waals surface area contributed by atoms with E-state index in [1.807, 2.05) is 23.7 Å². The lowest BCUT2D eigenvalue weighted by Gasteiger charge is -2.25. The highest BCUT2D eigenvalue weighted by atomic mass is 15.3. The average molecular weight is 258 g/mol. The average Bonchev–Trinajstić information content (AvgIpc) is 2.94. The van der Waals surface area contributed by atoms with Crippen molar-refractivity contribution < 1.29 is 0 Å². The van der Waals surface area contributed by atoms with Crippen LogP contribution in [0.1, 0.15) is 25.1 Å². The van der Waals surface area contributed by atoms with E-state index in [-0.39, 0.29) is 0 Å². The Morgan fingerprint density at radius 3 is 3.05 bits per heavy atom. The van der Waals surface area contributed by atoms with E-state index in [1.54, 1.807) is 0 Å². The van der Waals surface area contributed by atoms with Crippen LogP contribution in [0.3, 0.4) is 0 Å². The van der Waals surface area contributed by atoms with Crippen LogP contribution in [-0.2, 0) is 0 Å². The van der Waals surface area contributed by atoms with Gasteiger partial charge in [-0.1, -0.05) is 0 Å². The molecule has 1 N–H and O–H groups in total. The molecule has 0 radical (unpaired) electrons. The molecule has 2 atom stereocenters. The fraction of sp³-hybridized carbons (Fsp3) is 0.615. The van der Waals surface area contributed by atoms with E-state index in [4.69, 9.17) is 0 Å². The van der Waals surface area contributed by atoms with Crippen LogP contribution in [0, 0.1) is 6.92 Å². The minimum absolute atomic E-state index is 0.596. The molecule has 2 saturated heterocycles. The lowest BCUT2D eigenvalue weighted by Crippen LogP contribution is -2.36. The first kappa shape index (κ1) is 11.2. The van der Waals surface area contributed by atoms with Crippen molar-refractivity contribution in [1.29, 1.82) is 0 Å². The van der Waals surface area contributed by atoms with Gasteiger partial charge in [-0.3, -0.25) is 4.40 Å². The van der Waals surface area contributed by atoms with Crippen molar-refractivity contribution in [2.24, 2.45) is 0 Å². The largest absolute Gasteiger partial charge is 0.352 e. The maximum Gasteiger partial charge on any atom is 0.203 e. The zero-order chi connectivity index (χ0) is 12.8. The molecular formula is C13H18N6. The highest BCUT2D eigenvalue weighted by Crippen LogP contribution is 2.25. The van der Waals surface area contributed by atoms with Crippen molar-refractivity contribution in [1.82, 2.24) is 24.9 Å². The summed E-state index contributed by atoms with van der Waals surface area (Å²) < 4.78 is 2.01. The minimum Gasteiger partial charge on any atom is -0.352 e. The third-order valence-electron chi connectivity index (χ3n) is 4.30. The van der Waals surface area contributed by atoms with Crippen LogP contribution in [0.4, 0.5) is 5.82 Å². The number of aryl methyl sites for hydroxylation is 1. The Kier molecular flexibility index (Phi) is 2.44. The number of hydrogen-bond donors (Lipinski definition) is 1. The Morgan fingerprint density at radius 2 is 2.11 bits per heavy atom. The van der Waals surface area contributed by atoms with Crippen LogP contribution in [0.15, 0.2) is 12.4 Å². The summed E-state index contributed by atoms with van der Waals surface area (Å²) in [5.74, 6) is 1.88. The van der Waals surface area contributed by atoms with Gasteiger partial charge in [-0.25, -0.2) is 4.98 Å². The molecule has 2 aliphatic heterocycles. The molecule has 100 valence electrons. The Bertz CT molecular complexity index is 606. The zero-order valence-electron chi connectivity index (χ0n) is 11.1. The van der Waals surface area contributed by atoms with Crippen LogP contribution in [-0.4, -0.2) is 44.8 Å². The number of anilines is 1. The molecule has 2 aliphatic rings. The van der Waals surface area contributed by atoms with E-state index < -0.39 is 0 Å². The van der Waals surface area contributed by atoms with Gasteiger partial charge in [-0.05, 0) is 26.2 Å². The normalized spacial score (nSPS) is 26.9. The van der Waals surface area contributed by atoms with Gasteiger partial charge < -0.3 is 10.2 Å². The highest BCUT2D eigenvalue weighted by molar-refractivity contribution is 5.63. The number of nitrogens with zero attached hydrogens (tertiary/aromatic N) is 5. The van der Waals surface area contributed by atoms with Gasteiger partial charge in [0.25, 0.3) is 0 Å². The zero-order valence-corrected chi connectivity index (χ0v) is 11.1. The SMILES string of the molecule is Cc1nnc2c(N3CCC4CCC(C3)N4)nccn12. The van der Waals surface area contributed by atoms with Gasteiger partial charge in [0.2, 0.25) is 5.65 Å². The summed E-state index contributed by atoms with van der Waals surface area (Å²) in [7, 11) is 0. The van der Waals surface area contributed by atoms with Gasteiger partial charge in [-0.2, -0.15) is 0 Å². The van der Waals surface area contributed by atoms with E-state index >= 15 is 0 Å². The highest BCUT2D eigenvalue weighted by Gasteiger charge is 2.30. The summed E-state index contributed by atoms with van der Waals surface area (Å²) in [6.07, 6.45) is 7.55. The van der Waals surface area contributed by atoms with E-state index in [2.05, 4.69) is 25.4 Å². The van der Waals surface area contributed by atoms with Crippen LogP contribution in [0.2, 0.25) is 0 Å². The summed E-state index contributed by atoms with van der Waals surface area (Å²) in [5, 5.41) is 12.1. The first-order valence-electron chi connectivity index (χ1n) is 6.98. The summed E-state index contributed by atoms with van der Waals surface area (Å²) in [4.78, 5) is 6.91. The quantitative estimate of drug-likeness (QED) is 0.818. The van der Waals surface area contributed by atoms with Crippen molar-refractivity contribution in [3.63, 3.8) is 0 Å². The van der Waals surface area contributed by atoms with Gasteiger partial charge in [0, 0.05) is 37.6 Å². The van der Waals surface area contributed by atoms with Gasteiger partial charge in [0.15, 0.2) is 5.82 Å². The molecule has 19 heavy (non-hydrogen) atoms. The van der Waals surface area contributed by atoms with Crippen LogP contribution >= 0.6 is 0 Å². The topological polar surface area (TPSA) is 58.4 Å². The summed E-state index contributed by atoms with van der Waals surface area (Å²) in [6, 6.07) is 1.29. The number of fused-ring (bicyclic) bond motifs is 3. The third-order valence-corrected chi connectivity index (χ3v) is 4.30. The van der Waals surface area contributed by atoms with Crippen molar-refractivity contribution in [2.45, 2.75) is 38.3 Å². The lowest BCUT2D eigenvalue weighted by molar-refractivity contribution is 0.563. The standard InChI is InChI=1S/C13H18N6/c1-9-16-17-13-12(14-5-7-19(9)13)18-6-4-10-2-3-11(8-18)15-10/h5,7,10-11,15H,2-4,6,8H2,1H3. The Labute approximate surface area is 111 Å². The first-order valence-corrected chi connectivity index (χ1v) is 6.98. The number of rotatable bonds is 1. The van der Waals surface area contributed by atoms with E-state index in [9.17, 15) is 0 Å². The Hall–Kier alpha value is -1.69. The summed E-state index contributed by atoms with van der Waals surface area (Å²) in [5.41, 5.74) is 0.873. The molecule has 2 aromatic heterocycles. The molecule has 6 nitrogen and oxygen atoms in total. The molecule has 2 aromatic rings. The molecule has 0 aromatic carbocycles. The fourth-order valence-corrected chi connectivity index (χ4v) is 3.29. The summed E-state index contributed by atoms with van der Waals surface area (Å²) in [6.45, 7) is 4.04. The molecule has 0 amide bonds. The Morgan fingerprint density at radius 1 is 1.21 bits per heavy atom. The molecule has 0 aliphatic carbocycles. The first-order chi connectivity index (χ1) is 9.31. The second kappa shape index (κ2) is 4.16.